The van der Waals surface area contributed by atoms with Gasteiger partial charge < -0.3 is 4.74 Å². The molecular weight excluding hydrogens is 228 g/mol. The summed E-state index contributed by atoms with van der Waals surface area (Å²) in [6.07, 6.45) is 1.50. The van der Waals surface area contributed by atoms with Crippen LogP contribution in [0.3, 0.4) is 0 Å². The summed E-state index contributed by atoms with van der Waals surface area (Å²) in [6.45, 7) is 3.85. The van der Waals surface area contributed by atoms with Crippen molar-refractivity contribution in [3.05, 3.63) is 28.7 Å². The number of hydrogen-bond donors (Lipinski definition) is 0. The number of aromatic nitrogens is 4. The van der Waals surface area contributed by atoms with Crippen LogP contribution in [-0.2, 0) is 0 Å². The minimum Gasteiger partial charge on any atom is -0.467 e. The Bertz CT molecular complexity index is 524. The third-order valence-electron chi connectivity index (χ3n) is 2.10. The van der Waals surface area contributed by atoms with E-state index >= 15 is 0 Å². The first-order valence-corrected chi connectivity index (χ1v) is 5.10. The minimum atomic E-state index is 0.270. The average molecular weight is 239 g/mol. The highest BCUT2D eigenvalue weighted by Crippen LogP contribution is 2.20. The van der Waals surface area contributed by atoms with Crippen molar-refractivity contribution in [3.63, 3.8) is 0 Å². The third kappa shape index (κ3) is 1.86. The summed E-state index contributed by atoms with van der Waals surface area (Å²) in [5.41, 5.74) is 1.87. The van der Waals surface area contributed by atoms with Gasteiger partial charge in [-0.05, 0) is 19.9 Å². The molecule has 0 radical (unpaired) electrons. The zero-order valence-corrected chi connectivity index (χ0v) is 9.99. The fraction of sp³-hybridized carbons (Fsp3) is 0.300. The van der Waals surface area contributed by atoms with Crippen molar-refractivity contribution in [1.29, 1.82) is 0 Å². The van der Waals surface area contributed by atoms with Gasteiger partial charge in [0.15, 0.2) is 5.82 Å². The molecule has 0 saturated carbocycles. The van der Waals surface area contributed by atoms with E-state index in [2.05, 4.69) is 15.1 Å². The lowest BCUT2D eigenvalue weighted by molar-refractivity contribution is 0.378. The molecule has 6 heteroatoms. The molecule has 0 spiro atoms. The molecule has 0 atom stereocenters. The first kappa shape index (κ1) is 10.9. The first-order chi connectivity index (χ1) is 7.61. The Kier molecular flexibility index (Phi) is 2.78. The lowest BCUT2D eigenvalue weighted by Gasteiger charge is -2.06. The van der Waals surface area contributed by atoms with Crippen molar-refractivity contribution >= 4 is 11.6 Å². The van der Waals surface area contributed by atoms with Gasteiger partial charge in [-0.3, -0.25) is 0 Å². The summed E-state index contributed by atoms with van der Waals surface area (Å²) < 4.78 is 6.62. The Hall–Kier alpha value is -1.62. The number of methoxy groups -OCH3 is 1. The van der Waals surface area contributed by atoms with Crippen LogP contribution < -0.4 is 4.74 Å². The quantitative estimate of drug-likeness (QED) is 0.802. The number of nitrogens with zero attached hydrogens (tertiary/aromatic N) is 4. The monoisotopic (exact) mass is 238 g/mol. The van der Waals surface area contributed by atoms with Gasteiger partial charge in [0.1, 0.15) is 5.02 Å². The number of ether oxygens (including phenoxy) is 1. The van der Waals surface area contributed by atoms with E-state index in [0.717, 1.165) is 11.4 Å². The molecule has 0 fully saturated rings. The van der Waals surface area contributed by atoms with Crippen LogP contribution in [0.5, 0.6) is 6.01 Å². The zero-order chi connectivity index (χ0) is 11.7. The lowest BCUT2D eigenvalue weighted by atomic mass is 10.4. The molecule has 0 bridgehead atoms. The average Bonchev–Trinajstić information content (AvgIpc) is 2.58. The smallest absolute Gasteiger partial charge is 0.318 e. The Morgan fingerprint density at radius 1 is 1.38 bits per heavy atom. The predicted octanol–water partition coefficient (Wildman–Crippen LogP) is 1.94. The second-order valence-corrected chi connectivity index (χ2v) is 3.77. The number of halogens is 1. The van der Waals surface area contributed by atoms with Crippen molar-refractivity contribution in [2.45, 2.75) is 13.8 Å². The number of aryl methyl sites for hydroxylation is 2. The van der Waals surface area contributed by atoms with Gasteiger partial charge >= 0.3 is 6.01 Å². The van der Waals surface area contributed by atoms with Crippen LogP contribution in [0.4, 0.5) is 0 Å². The molecule has 0 saturated heterocycles. The highest BCUT2D eigenvalue weighted by Gasteiger charge is 2.11. The molecule has 2 aromatic heterocycles. The SMILES string of the molecule is COc1ncc(Cl)c(-n2nc(C)cc2C)n1. The van der Waals surface area contributed by atoms with Crippen LogP contribution in [0, 0.1) is 13.8 Å². The first-order valence-electron chi connectivity index (χ1n) is 4.72. The fourth-order valence-electron chi connectivity index (χ4n) is 1.43. The molecule has 16 heavy (non-hydrogen) atoms. The maximum absolute atomic E-state index is 6.03. The zero-order valence-electron chi connectivity index (χ0n) is 9.23. The molecule has 0 aliphatic carbocycles. The van der Waals surface area contributed by atoms with Gasteiger partial charge in [0.25, 0.3) is 0 Å². The molecule has 0 aliphatic heterocycles. The molecule has 5 nitrogen and oxygen atoms in total. The summed E-state index contributed by atoms with van der Waals surface area (Å²) >= 11 is 6.03. The Morgan fingerprint density at radius 2 is 2.12 bits per heavy atom. The van der Waals surface area contributed by atoms with Crippen LogP contribution in [0.1, 0.15) is 11.4 Å². The predicted molar refractivity (Wildman–Crippen MR) is 60.2 cm³/mol. The van der Waals surface area contributed by atoms with Gasteiger partial charge in [0, 0.05) is 5.69 Å². The molecule has 0 aromatic carbocycles. The molecule has 84 valence electrons. The van der Waals surface area contributed by atoms with Crippen molar-refractivity contribution in [1.82, 2.24) is 19.7 Å². The highest BCUT2D eigenvalue weighted by atomic mass is 35.5. The van der Waals surface area contributed by atoms with E-state index in [1.165, 1.54) is 13.3 Å². The van der Waals surface area contributed by atoms with Crippen LogP contribution >= 0.6 is 11.6 Å². The Morgan fingerprint density at radius 3 is 2.69 bits per heavy atom. The van der Waals surface area contributed by atoms with Gasteiger partial charge in [-0.2, -0.15) is 10.1 Å². The molecule has 2 aromatic rings. The van der Waals surface area contributed by atoms with E-state index in [9.17, 15) is 0 Å². The number of hydrogen-bond acceptors (Lipinski definition) is 4. The van der Waals surface area contributed by atoms with Gasteiger partial charge in [0.05, 0.1) is 19.0 Å². The van der Waals surface area contributed by atoms with E-state index in [4.69, 9.17) is 16.3 Å². The van der Waals surface area contributed by atoms with Crippen molar-refractivity contribution in [2.24, 2.45) is 0 Å². The van der Waals surface area contributed by atoms with E-state index in [1.54, 1.807) is 4.68 Å². The molecule has 2 rings (SSSR count). The van der Waals surface area contributed by atoms with Crippen molar-refractivity contribution in [2.75, 3.05) is 7.11 Å². The second-order valence-electron chi connectivity index (χ2n) is 3.37. The standard InChI is InChI=1S/C10H11ClN4O/c1-6-4-7(2)15(14-6)9-8(11)5-12-10(13-9)16-3/h4-5H,1-3H3. The minimum absolute atomic E-state index is 0.270. The summed E-state index contributed by atoms with van der Waals surface area (Å²) in [5, 5.41) is 4.74. The van der Waals surface area contributed by atoms with Crippen molar-refractivity contribution in [3.8, 4) is 11.8 Å². The topological polar surface area (TPSA) is 52.8 Å². The van der Waals surface area contributed by atoms with Gasteiger partial charge in [0.2, 0.25) is 0 Å². The molecule has 0 N–H and O–H groups in total. The summed E-state index contributed by atoms with van der Waals surface area (Å²) in [6, 6.07) is 2.22. The van der Waals surface area contributed by atoms with E-state index in [1.807, 2.05) is 19.9 Å². The fourth-order valence-corrected chi connectivity index (χ4v) is 1.60. The van der Waals surface area contributed by atoms with Crippen LogP contribution in [0.2, 0.25) is 5.02 Å². The molecule has 0 amide bonds. The summed E-state index contributed by atoms with van der Waals surface area (Å²) in [7, 11) is 1.51. The van der Waals surface area contributed by atoms with Gasteiger partial charge in [-0.25, -0.2) is 9.67 Å². The second kappa shape index (κ2) is 4.09. The van der Waals surface area contributed by atoms with E-state index in [0.29, 0.717) is 10.8 Å². The molecular formula is C10H11ClN4O. The highest BCUT2D eigenvalue weighted by molar-refractivity contribution is 6.32. The van der Waals surface area contributed by atoms with Crippen LogP contribution in [0.25, 0.3) is 5.82 Å². The molecule has 0 aliphatic rings. The molecule has 0 unspecified atom stereocenters. The maximum atomic E-state index is 6.03. The summed E-state index contributed by atoms with van der Waals surface area (Å²) in [5.74, 6) is 0.527. The summed E-state index contributed by atoms with van der Waals surface area (Å²) in [4.78, 5) is 8.08. The van der Waals surface area contributed by atoms with Gasteiger partial charge in [-0.15, -0.1) is 0 Å². The van der Waals surface area contributed by atoms with E-state index in [-0.39, 0.29) is 6.01 Å². The lowest BCUT2D eigenvalue weighted by Crippen LogP contribution is -2.05. The van der Waals surface area contributed by atoms with Crippen molar-refractivity contribution < 1.29 is 4.74 Å². The van der Waals surface area contributed by atoms with Crippen LogP contribution in [-0.4, -0.2) is 26.9 Å². The van der Waals surface area contributed by atoms with E-state index < -0.39 is 0 Å². The molecule has 2 heterocycles. The third-order valence-corrected chi connectivity index (χ3v) is 2.36. The van der Waals surface area contributed by atoms with Crippen LogP contribution in [0.15, 0.2) is 12.3 Å². The Balaban J connectivity index is 2.58. The Labute approximate surface area is 98.0 Å². The largest absolute Gasteiger partial charge is 0.467 e. The normalized spacial score (nSPS) is 10.5. The maximum Gasteiger partial charge on any atom is 0.318 e. The van der Waals surface area contributed by atoms with Gasteiger partial charge in [-0.1, -0.05) is 11.6 Å². The number of rotatable bonds is 2.